The number of imidazole rings is 1. The summed E-state index contributed by atoms with van der Waals surface area (Å²) in [5.41, 5.74) is -0.111. The molecule has 0 aliphatic rings. The minimum atomic E-state index is -0.581. The van der Waals surface area contributed by atoms with Crippen molar-refractivity contribution in [2.45, 2.75) is 52.8 Å². The van der Waals surface area contributed by atoms with Gasteiger partial charge in [-0.05, 0) is 25.0 Å². The van der Waals surface area contributed by atoms with Gasteiger partial charge in [0, 0.05) is 13.1 Å². The summed E-state index contributed by atoms with van der Waals surface area (Å²) in [6.45, 7) is 4.80. The number of H-pyrrole nitrogens is 1. The van der Waals surface area contributed by atoms with Crippen LogP contribution in [0.5, 0.6) is 0 Å². The van der Waals surface area contributed by atoms with Crippen LogP contribution in [0.3, 0.4) is 0 Å². The number of ether oxygens (including phenoxy) is 1. The normalized spacial score (nSPS) is 11.1. The third kappa shape index (κ3) is 4.27. The van der Waals surface area contributed by atoms with Crippen LogP contribution in [0.1, 0.15) is 49.3 Å². The van der Waals surface area contributed by atoms with Crippen molar-refractivity contribution in [2.75, 3.05) is 0 Å². The van der Waals surface area contributed by atoms with Crippen molar-refractivity contribution in [1.82, 2.24) is 19.1 Å². The van der Waals surface area contributed by atoms with Gasteiger partial charge in [-0.25, -0.2) is 14.6 Å². The second kappa shape index (κ2) is 9.09. The molecule has 0 radical (unpaired) electrons. The Kier molecular flexibility index (Phi) is 6.53. The Hall–Kier alpha value is -2.87. The lowest BCUT2D eigenvalue weighted by Gasteiger charge is -2.09. The Morgan fingerprint density at radius 2 is 1.90 bits per heavy atom. The Morgan fingerprint density at radius 1 is 1.14 bits per heavy atom. The number of nitrogens with one attached hydrogen (secondary N) is 1. The Labute approximate surface area is 172 Å². The predicted octanol–water partition coefficient (Wildman–Crippen LogP) is 3.11. The van der Waals surface area contributed by atoms with Crippen molar-refractivity contribution >= 4 is 28.7 Å². The number of hydrogen-bond donors (Lipinski definition) is 1. The summed E-state index contributed by atoms with van der Waals surface area (Å²) in [6.07, 6.45) is 2.41. The molecule has 3 rings (SSSR count). The summed E-state index contributed by atoms with van der Waals surface area (Å²) in [5.74, 6) is -0.174. The largest absolute Gasteiger partial charge is 0.454 e. The summed E-state index contributed by atoms with van der Waals surface area (Å²) in [4.78, 5) is 44.0. The molecule has 2 aromatic heterocycles. The van der Waals surface area contributed by atoms with Gasteiger partial charge < -0.3 is 9.30 Å². The smallest absolute Gasteiger partial charge is 0.340 e. The van der Waals surface area contributed by atoms with Gasteiger partial charge in [0.05, 0.1) is 10.6 Å². The summed E-state index contributed by atoms with van der Waals surface area (Å²) in [7, 11) is 0. The number of carbonyl (C=O) groups excluding carboxylic acids is 1. The number of fused-ring (bicyclic) bond motifs is 1. The monoisotopic (exact) mass is 418 g/mol. The minimum absolute atomic E-state index is 0.139. The fourth-order valence-electron chi connectivity index (χ4n) is 3.15. The summed E-state index contributed by atoms with van der Waals surface area (Å²) in [5, 5.41) is 0.296. The van der Waals surface area contributed by atoms with E-state index in [9.17, 15) is 14.4 Å². The molecular formula is C20H23ClN4O4. The molecule has 154 valence electrons. The van der Waals surface area contributed by atoms with E-state index < -0.39 is 17.2 Å². The van der Waals surface area contributed by atoms with E-state index in [1.807, 2.05) is 13.8 Å². The van der Waals surface area contributed by atoms with Crippen LogP contribution >= 0.6 is 11.6 Å². The van der Waals surface area contributed by atoms with Gasteiger partial charge in [-0.2, -0.15) is 0 Å². The van der Waals surface area contributed by atoms with Gasteiger partial charge in [-0.15, -0.1) is 0 Å². The van der Waals surface area contributed by atoms with Crippen LogP contribution in [0.15, 0.2) is 33.9 Å². The third-order valence-corrected chi connectivity index (χ3v) is 4.90. The maximum atomic E-state index is 12.5. The Bertz CT molecular complexity index is 1150. The van der Waals surface area contributed by atoms with Gasteiger partial charge in [-0.1, -0.05) is 44.0 Å². The average molecular weight is 419 g/mol. The molecule has 1 N–H and O–H groups in total. The number of carbonyl (C=O) groups is 1. The zero-order valence-corrected chi connectivity index (χ0v) is 17.2. The molecule has 1 aromatic carbocycles. The quantitative estimate of drug-likeness (QED) is 0.566. The molecule has 8 nitrogen and oxygen atoms in total. The SMILES string of the molecule is CCCCn1c(=O)[nH]c(=O)c2c1nc(COC(=O)c1ccccc1Cl)n2CCC. The Balaban J connectivity index is 2.01. The molecule has 0 saturated carbocycles. The van der Waals surface area contributed by atoms with E-state index in [1.54, 1.807) is 28.8 Å². The molecule has 9 heteroatoms. The number of unbranched alkanes of at least 4 members (excludes halogenated alkanes) is 1. The molecule has 0 aliphatic heterocycles. The lowest BCUT2D eigenvalue weighted by atomic mass is 10.2. The molecule has 0 fully saturated rings. The summed E-state index contributed by atoms with van der Waals surface area (Å²) < 4.78 is 8.56. The van der Waals surface area contributed by atoms with Gasteiger partial charge in [0.15, 0.2) is 11.2 Å². The second-order valence-electron chi connectivity index (χ2n) is 6.67. The third-order valence-electron chi connectivity index (χ3n) is 4.57. The van der Waals surface area contributed by atoms with Crippen molar-refractivity contribution in [3.8, 4) is 0 Å². The van der Waals surface area contributed by atoms with E-state index >= 15 is 0 Å². The van der Waals surface area contributed by atoms with Gasteiger partial charge in [0.25, 0.3) is 5.56 Å². The van der Waals surface area contributed by atoms with Crippen LogP contribution in [-0.4, -0.2) is 25.1 Å². The first-order valence-corrected chi connectivity index (χ1v) is 9.99. The fraction of sp³-hybridized carbons (Fsp3) is 0.400. The Morgan fingerprint density at radius 3 is 2.59 bits per heavy atom. The fourth-order valence-corrected chi connectivity index (χ4v) is 3.36. The van der Waals surface area contributed by atoms with Crippen LogP contribution < -0.4 is 11.2 Å². The predicted molar refractivity (Wildman–Crippen MR) is 110 cm³/mol. The molecule has 0 bridgehead atoms. The zero-order chi connectivity index (χ0) is 21.0. The number of rotatable bonds is 8. The number of aromatic nitrogens is 4. The summed E-state index contributed by atoms with van der Waals surface area (Å²) in [6, 6.07) is 6.60. The molecule has 0 unspecified atom stereocenters. The van der Waals surface area contributed by atoms with Crippen LogP contribution in [0.4, 0.5) is 0 Å². The van der Waals surface area contributed by atoms with E-state index in [0.29, 0.717) is 35.1 Å². The number of nitrogens with zero attached hydrogens (tertiary/aromatic N) is 3. The van der Waals surface area contributed by atoms with E-state index in [0.717, 1.165) is 19.3 Å². The first kappa shape index (κ1) is 20.9. The van der Waals surface area contributed by atoms with Crippen LogP contribution in [0, 0.1) is 0 Å². The number of esters is 1. The van der Waals surface area contributed by atoms with Crippen molar-refractivity contribution in [3.63, 3.8) is 0 Å². The van der Waals surface area contributed by atoms with Crippen molar-refractivity contribution in [3.05, 3.63) is 61.5 Å². The molecule has 0 saturated heterocycles. The maximum Gasteiger partial charge on any atom is 0.340 e. The average Bonchev–Trinajstić information content (AvgIpc) is 3.05. The lowest BCUT2D eigenvalue weighted by Crippen LogP contribution is -2.31. The van der Waals surface area contributed by atoms with E-state index in [2.05, 4.69) is 9.97 Å². The molecule has 0 aliphatic carbocycles. The number of benzene rings is 1. The highest BCUT2D eigenvalue weighted by Gasteiger charge is 2.20. The maximum absolute atomic E-state index is 12.5. The van der Waals surface area contributed by atoms with Crippen LogP contribution in [-0.2, 0) is 24.4 Å². The van der Waals surface area contributed by atoms with Crippen LogP contribution in [0.25, 0.3) is 11.2 Å². The van der Waals surface area contributed by atoms with Gasteiger partial charge in [-0.3, -0.25) is 14.3 Å². The lowest BCUT2D eigenvalue weighted by molar-refractivity contribution is 0.0458. The van der Waals surface area contributed by atoms with Gasteiger partial charge >= 0.3 is 11.7 Å². The molecular weight excluding hydrogens is 396 g/mol. The molecule has 2 heterocycles. The standard InChI is InChI=1S/C20H23ClN4O4/c1-3-5-11-25-17-16(18(26)23-20(25)28)24(10-4-2)15(22-17)12-29-19(27)13-8-6-7-9-14(13)21/h6-9H,3-5,10-12H2,1-2H3,(H,23,26,28). The van der Waals surface area contributed by atoms with Crippen LogP contribution in [0.2, 0.25) is 5.02 Å². The molecule has 0 spiro atoms. The highest BCUT2D eigenvalue weighted by atomic mass is 35.5. The van der Waals surface area contributed by atoms with Gasteiger partial charge in [0.1, 0.15) is 12.4 Å². The number of aryl methyl sites for hydroxylation is 2. The highest BCUT2D eigenvalue weighted by Crippen LogP contribution is 2.18. The zero-order valence-electron chi connectivity index (χ0n) is 16.4. The van der Waals surface area contributed by atoms with Gasteiger partial charge in [0.2, 0.25) is 0 Å². The van der Waals surface area contributed by atoms with E-state index in [4.69, 9.17) is 16.3 Å². The molecule has 29 heavy (non-hydrogen) atoms. The first-order chi connectivity index (χ1) is 14.0. The number of halogens is 1. The number of aromatic amines is 1. The van der Waals surface area contributed by atoms with Crippen molar-refractivity contribution < 1.29 is 9.53 Å². The van der Waals surface area contributed by atoms with Crippen molar-refractivity contribution in [1.29, 1.82) is 0 Å². The highest BCUT2D eigenvalue weighted by molar-refractivity contribution is 6.33. The number of hydrogen-bond acceptors (Lipinski definition) is 5. The second-order valence-corrected chi connectivity index (χ2v) is 7.08. The first-order valence-electron chi connectivity index (χ1n) is 9.61. The minimum Gasteiger partial charge on any atom is -0.454 e. The van der Waals surface area contributed by atoms with E-state index in [-0.39, 0.29) is 12.2 Å². The van der Waals surface area contributed by atoms with Crippen molar-refractivity contribution in [2.24, 2.45) is 0 Å². The molecule has 3 aromatic rings. The van der Waals surface area contributed by atoms with E-state index in [1.165, 1.54) is 4.57 Å². The topological polar surface area (TPSA) is 99.0 Å². The summed E-state index contributed by atoms with van der Waals surface area (Å²) >= 11 is 6.05. The molecule has 0 amide bonds. The molecule has 0 atom stereocenters.